The maximum atomic E-state index is 12.8. The van der Waals surface area contributed by atoms with E-state index in [9.17, 15) is 14.4 Å². The summed E-state index contributed by atoms with van der Waals surface area (Å²) in [5, 5.41) is 0. The molecule has 372 valence electrons. The molecule has 0 aliphatic rings. The number of rotatable bonds is 48. The molecule has 0 rings (SSSR count). The minimum absolute atomic E-state index is 0.105. The molecule has 65 heavy (non-hydrogen) atoms. The number of unbranched alkanes of at least 4 members (excludes halogenated alkanes) is 23. The average Bonchev–Trinajstić information content (AvgIpc) is 3.30. The van der Waals surface area contributed by atoms with Crippen LogP contribution < -0.4 is 0 Å². The van der Waals surface area contributed by atoms with Crippen LogP contribution in [0.25, 0.3) is 0 Å². The first-order valence-electron chi connectivity index (χ1n) is 27.1. The van der Waals surface area contributed by atoms with E-state index in [1.807, 2.05) is 6.08 Å². The van der Waals surface area contributed by atoms with Crippen LogP contribution in [0.15, 0.2) is 85.1 Å². The molecule has 0 unspecified atom stereocenters. The third kappa shape index (κ3) is 51.4. The maximum Gasteiger partial charge on any atom is 0.306 e. The van der Waals surface area contributed by atoms with E-state index in [0.29, 0.717) is 19.3 Å². The zero-order chi connectivity index (χ0) is 47.2. The second-order valence-electron chi connectivity index (χ2n) is 17.8. The Morgan fingerprint density at radius 3 is 1.00 bits per heavy atom. The van der Waals surface area contributed by atoms with Gasteiger partial charge in [-0.1, -0.05) is 209 Å². The van der Waals surface area contributed by atoms with Crippen LogP contribution in [0.3, 0.4) is 0 Å². The number of hydrogen-bond donors (Lipinski definition) is 0. The summed E-state index contributed by atoms with van der Waals surface area (Å²) in [5.41, 5.74) is 0. The quantitative estimate of drug-likeness (QED) is 0.0262. The Balaban J connectivity index is 4.50. The molecule has 0 bridgehead atoms. The molecule has 0 aromatic rings. The molecule has 0 saturated heterocycles. The minimum atomic E-state index is -0.812. The lowest BCUT2D eigenvalue weighted by atomic mass is 10.1. The molecule has 0 aliphatic heterocycles. The van der Waals surface area contributed by atoms with Crippen molar-refractivity contribution in [2.24, 2.45) is 0 Å². The number of carbonyl (C=O) groups is 3. The lowest BCUT2D eigenvalue weighted by molar-refractivity contribution is -0.166. The Kier molecular flexibility index (Phi) is 50.4. The Bertz CT molecular complexity index is 1270. The molecule has 6 nitrogen and oxygen atoms in total. The van der Waals surface area contributed by atoms with Crippen LogP contribution >= 0.6 is 0 Å². The third-order valence-corrected chi connectivity index (χ3v) is 11.4. The van der Waals surface area contributed by atoms with Crippen molar-refractivity contribution >= 4 is 17.9 Å². The fourth-order valence-corrected chi connectivity index (χ4v) is 7.24. The van der Waals surface area contributed by atoms with Gasteiger partial charge >= 0.3 is 17.9 Å². The first-order chi connectivity index (χ1) is 32.0. The highest BCUT2D eigenvalue weighted by molar-refractivity contribution is 5.71. The van der Waals surface area contributed by atoms with Crippen LogP contribution in [-0.4, -0.2) is 37.2 Å². The number of esters is 3. The van der Waals surface area contributed by atoms with Crippen LogP contribution in [0.5, 0.6) is 0 Å². The largest absolute Gasteiger partial charge is 0.462 e. The van der Waals surface area contributed by atoms with Crippen LogP contribution in [0.1, 0.15) is 252 Å². The van der Waals surface area contributed by atoms with Gasteiger partial charge in [0.1, 0.15) is 13.2 Å². The first kappa shape index (κ1) is 61.6. The van der Waals surface area contributed by atoms with E-state index in [-0.39, 0.29) is 37.5 Å². The van der Waals surface area contributed by atoms with Crippen molar-refractivity contribution < 1.29 is 28.6 Å². The first-order valence-corrected chi connectivity index (χ1v) is 27.1. The number of carbonyl (C=O) groups excluding carboxylic acids is 3. The summed E-state index contributed by atoms with van der Waals surface area (Å²) < 4.78 is 16.7. The molecule has 0 amide bonds. The molecule has 0 fully saturated rings. The summed E-state index contributed by atoms with van der Waals surface area (Å²) in [4.78, 5) is 38.0. The minimum Gasteiger partial charge on any atom is -0.462 e. The number of ether oxygens (including phenoxy) is 3. The van der Waals surface area contributed by atoms with Crippen molar-refractivity contribution in [2.45, 2.75) is 258 Å². The highest BCUT2D eigenvalue weighted by Crippen LogP contribution is 2.13. The van der Waals surface area contributed by atoms with E-state index in [2.05, 4.69) is 99.8 Å². The average molecular weight is 905 g/mol. The van der Waals surface area contributed by atoms with Gasteiger partial charge in [0.25, 0.3) is 0 Å². The monoisotopic (exact) mass is 905 g/mol. The zero-order valence-electron chi connectivity index (χ0n) is 42.5. The highest BCUT2D eigenvalue weighted by Gasteiger charge is 2.19. The predicted octanol–water partition coefficient (Wildman–Crippen LogP) is 18.0. The lowest BCUT2D eigenvalue weighted by Gasteiger charge is -2.18. The summed E-state index contributed by atoms with van der Waals surface area (Å²) in [7, 11) is 0. The Morgan fingerprint density at radius 1 is 0.308 bits per heavy atom. The van der Waals surface area contributed by atoms with Gasteiger partial charge in [0, 0.05) is 19.3 Å². The lowest BCUT2D eigenvalue weighted by Crippen LogP contribution is -2.30. The predicted molar refractivity (Wildman–Crippen MR) is 279 cm³/mol. The fraction of sp³-hybridized carbons (Fsp3) is 0.712. The second-order valence-corrected chi connectivity index (χ2v) is 17.8. The van der Waals surface area contributed by atoms with Crippen molar-refractivity contribution in [3.63, 3.8) is 0 Å². The Morgan fingerprint density at radius 2 is 0.585 bits per heavy atom. The van der Waals surface area contributed by atoms with Crippen molar-refractivity contribution in [2.75, 3.05) is 13.2 Å². The second kappa shape index (κ2) is 53.2. The summed E-state index contributed by atoms with van der Waals surface area (Å²) >= 11 is 0. The SMILES string of the molecule is CCCCC/C=C\C/C=C\C/C=C\C/C=C\C/C=C\CCC(=O)OC[C@H](COC(=O)CCCCCCCCC/C=C\CCCCCC)OC(=O)CCCCCCC/C=C\CCCCCC. The van der Waals surface area contributed by atoms with Gasteiger partial charge in [-0.25, -0.2) is 0 Å². The smallest absolute Gasteiger partial charge is 0.306 e. The number of hydrogen-bond acceptors (Lipinski definition) is 6. The van der Waals surface area contributed by atoms with Crippen molar-refractivity contribution in [3.8, 4) is 0 Å². The van der Waals surface area contributed by atoms with Crippen LogP contribution in [0.2, 0.25) is 0 Å². The van der Waals surface area contributed by atoms with Gasteiger partial charge in [0.2, 0.25) is 0 Å². The topological polar surface area (TPSA) is 78.9 Å². The molecule has 0 N–H and O–H groups in total. The van der Waals surface area contributed by atoms with Gasteiger partial charge in [0.05, 0.1) is 0 Å². The summed E-state index contributed by atoms with van der Waals surface area (Å²) in [5.74, 6) is -1.00. The van der Waals surface area contributed by atoms with Gasteiger partial charge in [-0.3, -0.25) is 14.4 Å². The van der Waals surface area contributed by atoms with E-state index in [4.69, 9.17) is 14.2 Å². The maximum absolute atomic E-state index is 12.8. The van der Waals surface area contributed by atoms with E-state index in [1.54, 1.807) is 0 Å². The van der Waals surface area contributed by atoms with Crippen LogP contribution in [0, 0.1) is 0 Å². The molecule has 0 aromatic heterocycles. The molecule has 0 aliphatic carbocycles. The fourth-order valence-electron chi connectivity index (χ4n) is 7.24. The van der Waals surface area contributed by atoms with E-state index in [1.165, 1.54) is 128 Å². The van der Waals surface area contributed by atoms with Crippen LogP contribution in [-0.2, 0) is 28.6 Å². The summed E-state index contributed by atoms with van der Waals surface area (Å²) in [6.45, 7) is 6.51. The normalized spacial score (nSPS) is 12.7. The summed E-state index contributed by atoms with van der Waals surface area (Å²) in [6, 6.07) is 0. The highest BCUT2D eigenvalue weighted by atomic mass is 16.6. The van der Waals surface area contributed by atoms with Gasteiger partial charge in [-0.05, 0) is 109 Å². The van der Waals surface area contributed by atoms with E-state index in [0.717, 1.165) is 77.0 Å². The molecule has 0 heterocycles. The Labute approximate surface area is 401 Å². The third-order valence-electron chi connectivity index (χ3n) is 11.4. The Hall–Kier alpha value is -3.41. The van der Waals surface area contributed by atoms with Gasteiger partial charge in [-0.2, -0.15) is 0 Å². The van der Waals surface area contributed by atoms with Crippen molar-refractivity contribution in [3.05, 3.63) is 85.1 Å². The standard InChI is InChI=1S/C59H100O6/c1-4-7-10-13-16-19-22-25-27-28-29-30-32-35-37-40-43-46-49-52-58(61)64-55-56(65-59(62)53-50-47-44-41-38-33-24-21-18-15-12-9-6-3)54-63-57(60)51-48-45-42-39-36-34-31-26-23-20-17-14-11-8-5-2/h16,19-21,23-25,27,29-30,35,37,43,46,56H,4-15,17-18,22,26,28,31-34,36,38-42,44-45,47-55H2,1-3H3/b19-16-,23-20-,24-21-,27-25-,30-29-,37-35-,46-43-/t56-/m0/s1. The van der Waals surface area contributed by atoms with Gasteiger partial charge in [0.15, 0.2) is 6.10 Å². The van der Waals surface area contributed by atoms with Crippen LogP contribution in [0.4, 0.5) is 0 Å². The molecule has 0 aromatic carbocycles. The van der Waals surface area contributed by atoms with Crippen molar-refractivity contribution in [1.82, 2.24) is 0 Å². The molecular weight excluding hydrogens is 805 g/mol. The molecule has 0 saturated carbocycles. The van der Waals surface area contributed by atoms with E-state index >= 15 is 0 Å². The van der Waals surface area contributed by atoms with Gasteiger partial charge in [-0.15, -0.1) is 0 Å². The molecule has 1 atom stereocenters. The molecule has 0 spiro atoms. The zero-order valence-corrected chi connectivity index (χ0v) is 42.5. The number of allylic oxidation sites excluding steroid dienone is 14. The molecular formula is C59H100O6. The van der Waals surface area contributed by atoms with E-state index < -0.39 is 6.10 Å². The van der Waals surface area contributed by atoms with Crippen molar-refractivity contribution in [1.29, 1.82) is 0 Å². The molecule has 6 heteroatoms. The summed E-state index contributed by atoms with van der Waals surface area (Å²) in [6.07, 6.45) is 68.6. The van der Waals surface area contributed by atoms with Gasteiger partial charge < -0.3 is 14.2 Å². The molecule has 0 radical (unpaired) electrons.